The summed E-state index contributed by atoms with van der Waals surface area (Å²) < 4.78 is 1.49. The Morgan fingerprint density at radius 3 is 2.51 bits per heavy atom. The molecular formula is C32H29N7O3S. The Balaban J connectivity index is 1.04. The third kappa shape index (κ3) is 5.32. The molecule has 43 heavy (non-hydrogen) atoms. The van der Waals surface area contributed by atoms with Gasteiger partial charge in [0.25, 0.3) is 11.5 Å². The molecule has 0 N–H and O–H groups in total. The van der Waals surface area contributed by atoms with Gasteiger partial charge < -0.3 is 9.80 Å². The smallest absolute Gasteiger partial charge is 0.259 e. The van der Waals surface area contributed by atoms with E-state index in [1.54, 1.807) is 23.2 Å². The Labute approximate surface area is 252 Å². The second-order valence-corrected chi connectivity index (χ2v) is 11.5. The number of hydrogen-bond acceptors (Lipinski definition) is 8. The number of amides is 2. The number of carbonyl (C=O) groups excluding carboxylic acids is 2. The monoisotopic (exact) mass is 591 g/mol. The molecule has 0 spiro atoms. The molecule has 10 nitrogen and oxygen atoms in total. The standard InChI is InChI=1S/C32H29N7O3S/c40-28(37-18-16-36(17-19-37)23-8-2-1-3-9-23)14-13-26-31(42)39-30(34-26)24-10-4-5-11-25(24)35-32(39)43-21-22-20-29(41)38-15-7-6-12-27(38)33-22/h1-12,15,20,26H,13-14,16-19,21H2/t26-/m0/s1. The van der Waals surface area contributed by atoms with Crippen LogP contribution in [0.25, 0.3) is 5.65 Å². The number of carbonyl (C=O) groups is 2. The quantitative estimate of drug-likeness (QED) is 0.339. The van der Waals surface area contributed by atoms with Gasteiger partial charge in [-0.2, -0.15) is 0 Å². The van der Waals surface area contributed by atoms with E-state index in [1.807, 2.05) is 53.4 Å². The van der Waals surface area contributed by atoms with Gasteiger partial charge in [0, 0.05) is 61.9 Å². The van der Waals surface area contributed by atoms with Crippen molar-refractivity contribution in [2.45, 2.75) is 24.6 Å². The van der Waals surface area contributed by atoms with Crippen molar-refractivity contribution in [2.24, 2.45) is 9.98 Å². The van der Waals surface area contributed by atoms with Gasteiger partial charge in [0.15, 0.2) is 5.17 Å². The number of nitrogens with zero attached hydrogens (tertiary/aromatic N) is 7. The number of aromatic nitrogens is 2. The van der Waals surface area contributed by atoms with Crippen LogP contribution in [-0.4, -0.2) is 74.2 Å². The van der Waals surface area contributed by atoms with Crippen LogP contribution in [0.15, 0.2) is 99.8 Å². The Bertz CT molecular complexity index is 1830. The lowest BCUT2D eigenvalue weighted by Gasteiger charge is -2.36. The number of benzene rings is 2. The van der Waals surface area contributed by atoms with Gasteiger partial charge in [-0.25, -0.2) is 14.9 Å². The normalized spacial score (nSPS) is 17.9. The van der Waals surface area contributed by atoms with Crippen LogP contribution in [0.5, 0.6) is 0 Å². The summed E-state index contributed by atoms with van der Waals surface area (Å²) in [7, 11) is 0. The Kier molecular flexibility index (Phi) is 7.23. The highest BCUT2D eigenvalue weighted by atomic mass is 32.2. The molecule has 0 aliphatic carbocycles. The van der Waals surface area contributed by atoms with Gasteiger partial charge in [-0.05, 0) is 42.8 Å². The summed E-state index contributed by atoms with van der Waals surface area (Å²) in [6.07, 6.45) is 2.27. The van der Waals surface area contributed by atoms with E-state index >= 15 is 0 Å². The van der Waals surface area contributed by atoms with Gasteiger partial charge in [-0.3, -0.25) is 23.8 Å². The van der Waals surface area contributed by atoms with Crippen molar-refractivity contribution < 1.29 is 9.59 Å². The minimum absolute atomic E-state index is 0.0444. The van der Waals surface area contributed by atoms with Gasteiger partial charge >= 0.3 is 0 Å². The van der Waals surface area contributed by atoms with E-state index in [2.05, 4.69) is 22.0 Å². The molecule has 0 saturated carbocycles. The molecular weight excluding hydrogens is 562 g/mol. The fourth-order valence-corrected chi connectivity index (χ4v) is 6.57. The molecule has 2 aromatic carbocycles. The van der Waals surface area contributed by atoms with E-state index in [0.717, 1.165) is 30.0 Å². The maximum Gasteiger partial charge on any atom is 0.259 e. The first-order valence-electron chi connectivity index (χ1n) is 14.3. The molecule has 11 heteroatoms. The largest absolute Gasteiger partial charge is 0.368 e. The third-order valence-corrected chi connectivity index (χ3v) is 8.88. The predicted molar refractivity (Wildman–Crippen MR) is 168 cm³/mol. The summed E-state index contributed by atoms with van der Waals surface area (Å²) in [6.45, 7) is 2.86. The number of hydrogen-bond donors (Lipinski definition) is 0. The van der Waals surface area contributed by atoms with Crippen LogP contribution in [-0.2, 0) is 15.3 Å². The zero-order valence-electron chi connectivity index (χ0n) is 23.4. The topological polar surface area (TPSA) is 103 Å². The lowest BCUT2D eigenvalue weighted by molar-refractivity contribution is -0.131. The van der Waals surface area contributed by atoms with Crippen LogP contribution in [0.2, 0.25) is 0 Å². The van der Waals surface area contributed by atoms with Gasteiger partial charge in [0.1, 0.15) is 17.5 Å². The van der Waals surface area contributed by atoms with Crippen LogP contribution in [0.1, 0.15) is 24.1 Å². The highest BCUT2D eigenvalue weighted by Crippen LogP contribution is 2.35. The maximum atomic E-state index is 13.7. The van der Waals surface area contributed by atoms with Gasteiger partial charge in [-0.1, -0.05) is 48.2 Å². The van der Waals surface area contributed by atoms with Crippen LogP contribution < -0.4 is 10.5 Å². The first-order valence-corrected chi connectivity index (χ1v) is 15.3. The lowest BCUT2D eigenvalue weighted by atomic mass is 10.1. The summed E-state index contributed by atoms with van der Waals surface area (Å²) in [5.41, 5.74) is 3.68. The van der Waals surface area contributed by atoms with E-state index in [9.17, 15) is 14.4 Å². The molecule has 0 bridgehead atoms. The van der Waals surface area contributed by atoms with Gasteiger partial charge in [0.05, 0.1) is 11.4 Å². The number of amidine groups is 2. The van der Waals surface area contributed by atoms with Crippen LogP contribution in [0, 0.1) is 0 Å². The number of para-hydroxylation sites is 2. The highest BCUT2D eigenvalue weighted by molar-refractivity contribution is 8.13. The fourth-order valence-electron chi connectivity index (χ4n) is 5.67. The molecule has 3 aliphatic heterocycles. The fraction of sp³-hybridized carbons (Fsp3) is 0.250. The molecule has 1 atom stereocenters. The third-order valence-electron chi connectivity index (χ3n) is 7.91. The van der Waals surface area contributed by atoms with Crippen LogP contribution in [0.3, 0.4) is 0 Å². The van der Waals surface area contributed by atoms with Crippen molar-refractivity contribution in [1.29, 1.82) is 0 Å². The number of pyridine rings is 1. The summed E-state index contributed by atoms with van der Waals surface area (Å²) in [5.74, 6) is 0.766. The van der Waals surface area contributed by atoms with E-state index in [4.69, 9.17) is 9.98 Å². The summed E-state index contributed by atoms with van der Waals surface area (Å²) >= 11 is 1.34. The molecule has 0 radical (unpaired) electrons. The number of piperazine rings is 1. The second-order valence-electron chi connectivity index (χ2n) is 10.6. The van der Waals surface area contributed by atoms with Gasteiger partial charge in [-0.15, -0.1) is 0 Å². The van der Waals surface area contributed by atoms with E-state index in [0.29, 0.717) is 47.6 Å². The van der Waals surface area contributed by atoms with E-state index in [1.165, 1.54) is 22.2 Å². The summed E-state index contributed by atoms with van der Waals surface area (Å²) in [6, 6.07) is 24.1. The van der Waals surface area contributed by atoms with Crippen LogP contribution in [0.4, 0.5) is 11.4 Å². The van der Waals surface area contributed by atoms with Gasteiger partial charge in [0.2, 0.25) is 5.91 Å². The predicted octanol–water partition coefficient (Wildman–Crippen LogP) is 3.72. The molecule has 2 amide bonds. The first kappa shape index (κ1) is 27.1. The molecule has 1 fully saturated rings. The molecule has 0 unspecified atom stereocenters. The maximum absolute atomic E-state index is 13.7. The van der Waals surface area contributed by atoms with Crippen molar-refractivity contribution in [3.05, 3.63) is 107 Å². The zero-order chi connectivity index (χ0) is 29.3. The Hall–Kier alpha value is -4.77. The van der Waals surface area contributed by atoms with Crippen molar-refractivity contribution in [3.63, 3.8) is 0 Å². The minimum Gasteiger partial charge on any atom is -0.368 e. The molecule has 216 valence electrons. The highest BCUT2D eigenvalue weighted by Gasteiger charge is 2.41. The van der Waals surface area contributed by atoms with Crippen molar-refractivity contribution >= 4 is 51.6 Å². The molecule has 5 heterocycles. The number of fused-ring (bicyclic) bond motifs is 4. The average Bonchev–Trinajstić information content (AvgIpc) is 3.39. The van der Waals surface area contributed by atoms with E-state index < -0.39 is 6.04 Å². The Morgan fingerprint density at radius 1 is 0.907 bits per heavy atom. The van der Waals surface area contributed by atoms with E-state index in [-0.39, 0.29) is 23.8 Å². The molecule has 3 aliphatic rings. The Morgan fingerprint density at radius 2 is 1.67 bits per heavy atom. The van der Waals surface area contributed by atoms with Crippen molar-refractivity contribution in [3.8, 4) is 0 Å². The first-order chi connectivity index (χ1) is 21.0. The summed E-state index contributed by atoms with van der Waals surface area (Å²) in [5, 5.41) is 0.489. The zero-order valence-corrected chi connectivity index (χ0v) is 24.2. The molecule has 1 saturated heterocycles. The minimum atomic E-state index is -0.662. The summed E-state index contributed by atoms with van der Waals surface area (Å²) in [4.78, 5) is 59.4. The number of aliphatic imine (C=N–C) groups is 2. The molecule has 2 aromatic heterocycles. The van der Waals surface area contributed by atoms with Crippen molar-refractivity contribution in [2.75, 3.05) is 31.1 Å². The SMILES string of the molecule is O=C(CC[C@@H]1N=C2c3ccccc3N=C(SCc3cc(=O)n4ccccc4n3)N2C1=O)N1CCN(c2ccccc2)CC1. The number of anilines is 1. The number of thioether (sulfide) groups is 1. The average molecular weight is 592 g/mol. The van der Waals surface area contributed by atoms with Crippen LogP contribution >= 0.6 is 11.8 Å². The van der Waals surface area contributed by atoms with Crippen molar-refractivity contribution in [1.82, 2.24) is 19.2 Å². The number of rotatable bonds is 6. The second kappa shape index (κ2) is 11.5. The molecule has 7 rings (SSSR count). The molecule has 4 aromatic rings. The lowest BCUT2D eigenvalue weighted by Crippen LogP contribution is -2.49.